The summed E-state index contributed by atoms with van der Waals surface area (Å²) in [6.45, 7) is 3.65. The average Bonchev–Trinajstić information content (AvgIpc) is 2.64. The Morgan fingerprint density at radius 2 is 1.75 bits per heavy atom. The highest BCUT2D eigenvalue weighted by molar-refractivity contribution is 5.79. The van der Waals surface area contributed by atoms with E-state index in [1.165, 1.54) is 6.07 Å². The van der Waals surface area contributed by atoms with E-state index < -0.39 is 11.6 Å². The molecule has 0 saturated carbocycles. The lowest BCUT2D eigenvalue weighted by Crippen LogP contribution is -2.51. The van der Waals surface area contributed by atoms with Crippen molar-refractivity contribution in [1.82, 2.24) is 9.96 Å². The molecule has 0 N–H and O–H groups in total. The molecule has 2 saturated heterocycles. The maximum Gasteiger partial charge on any atom is 0.225 e. The highest BCUT2D eigenvalue weighted by Gasteiger charge is 2.31. The highest BCUT2D eigenvalue weighted by atomic mass is 19.2. The molecule has 0 atom stereocenters. The molecule has 0 unspecified atom stereocenters. The van der Waals surface area contributed by atoms with E-state index in [4.69, 9.17) is 4.84 Å². The minimum absolute atomic E-state index is 0.0360. The van der Waals surface area contributed by atoms with Gasteiger partial charge in [0.2, 0.25) is 5.91 Å². The van der Waals surface area contributed by atoms with E-state index >= 15 is 0 Å². The smallest absolute Gasteiger partial charge is 0.225 e. The molecule has 132 valence electrons. The van der Waals surface area contributed by atoms with Crippen molar-refractivity contribution >= 4 is 11.6 Å². The monoisotopic (exact) mass is 339 g/mol. The molecule has 2 fully saturated rings. The van der Waals surface area contributed by atoms with Crippen molar-refractivity contribution in [3.8, 4) is 0 Å². The van der Waals surface area contributed by atoms with E-state index in [-0.39, 0.29) is 17.5 Å². The van der Waals surface area contributed by atoms with Crippen molar-refractivity contribution in [2.24, 2.45) is 5.92 Å². The Morgan fingerprint density at radius 1 is 1.08 bits per heavy atom. The first-order chi connectivity index (χ1) is 11.6. The Bertz CT molecular complexity index is 583. The van der Waals surface area contributed by atoms with Crippen molar-refractivity contribution in [2.75, 3.05) is 51.3 Å². The lowest BCUT2D eigenvalue weighted by atomic mass is 9.96. The first-order valence-corrected chi connectivity index (χ1v) is 8.37. The fraction of sp³-hybridized carbons (Fsp3) is 0.588. The molecule has 0 aliphatic carbocycles. The number of halogens is 2. The molecular weight excluding hydrogens is 316 g/mol. The van der Waals surface area contributed by atoms with Crippen LogP contribution in [0.25, 0.3) is 0 Å². The second-order valence-electron chi connectivity index (χ2n) is 6.27. The predicted octanol–water partition coefficient (Wildman–Crippen LogP) is 1.89. The summed E-state index contributed by atoms with van der Waals surface area (Å²) in [4.78, 5) is 21.5. The van der Waals surface area contributed by atoms with Gasteiger partial charge in [-0.05, 0) is 25.0 Å². The first kappa shape index (κ1) is 17.1. The van der Waals surface area contributed by atoms with Crippen LogP contribution in [0.5, 0.6) is 0 Å². The Morgan fingerprint density at radius 3 is 2.38 bits per heavy atom. The third kappa shape index (κ3) is 3.52. The lowest BCUT2D eigenvalue weighted by Gasteiger charge is -2.39. The molecule has 2 aliphatic rings. The maximum atomic E-state index is 13.9. The minimum Gasteiger partial charge on any atom is -0.366 e. The zero-order chi connectivity index (χ0) is 17.1. The Balaban J connectivity index is 1.55. The largest absolute Gasteiger partial charge is 0.366 e. The van der Waals surface area contributed by atoms with Crippen LogP contribution in [0.2, 0.25) is 0 Å². The van der Waals surface area contributed by atoms with E-state index in [0.29, 0.717) is 26.2 Å². The number of carbonyl (C=O) groups excluding carboxylic acids is 1. The van der Waals surface area contributed by atoms with Crippen molar-refractivity contribution in [2.45, 2.75) is 12.8 Å². The number of nitrogens with zero attached hydrogens (tertiary/aromatic N) is 3. The van der Waals surface area contributed by atoms with Crippen LogP contribution in [0.1, 0.15) is 12.8 Å². The molecule has 2 aliphatic heterocycles. The second-order valence-corrected chi connectivity index (χ2v) is 6.27. The van der Waals surface area contributed by atoms with Gasteiger partial charge in [-0.1, -0.05) is 6.07 Å². The van der Waals surface area contributed by atoms with Gasteiger partial charge < -0.3 is 14.6 Å². The fourth-order valence-electron chi connectivity index (χ4n) is 3.45. The number of hydrogen-bond donors (Lipinski definition) is 0. The Kier molecular flexibility index (Phi) is 5.30. The number of hydroxylamine groups is 2. The average molecular weight is 339 g/mol. The van der Waals surface area contributed by atoms with E-state index in [9.17, 15) is 13.6 Å². The van der Waals surface area contributed by atoms with Crippen LogP contribution in [0.3, 0.4) is 0 Å². The summed E-state index contributed by atoms with van der Waals surface area (Å²) in [6, 6.07) is 4.20. The summed E-state index contributed by atoms with van der Waals surface area (Å²) >= 11 is 0. The summed E-state index contributed by atoms with van der Waals surface area (Å²) in [5, 5.41) is 1.87. The van der Waals surface area contributed by atoms with Gasteiger partial charge in [-0.25, -0.2) is 8.78 Å². The summed E-state index contributed by atoms with van der Waals surface area (Å²) in [6.07, 6.45) is 1.59. The predicted molar refractivity (Wildman–Crippen MR) is 86.5 cm³/mol. The van der Waals surface area contributed by atoms with Crippen LogP contribution in [0, 0.1) is 17.6 Å². The summed E-state index contributed by atoms with van der Waals surface area (Å²) < 4.78 is 27.3. The highest BCUT2D eigenvalue weighted by Crippen LogP contribution is 2.24. The number of rotatable bonds is 3. The summed E-state index contributed by atoms with van der Waals surface area (Å²) in [5.41, 5.74) is 0.274. The molecule has 0 spiro atoms. The molecule has 24 heavy (non-hydrogen) atoms. The SMILES string of the molecule is CON1CCC(C(=O)N2CCN(c3cccc(F)c3F)CC2)CC1. The Hall–Kier alpha value is -1.73. The lowest BCUT2D eigenvalue weighted by molar-refractivity contribution is -0.158. The number of benzene rings is 1. The number of carbonyl (C=O) groups is 1. The molecule has 7 heteroatoms. The normalized spacial score (nSPS) is 20.5. The van der Waals surface area contributed by atoms with Gasteiger partial charge in [-0.3, -0.25) is 4.79 Å². The van der Waals surface area contributed by atoms with Gasteiger partial charge in [-0.15, -0.1) is 0 Å². The molecular formula is C17H23F2N3O2. The molecule has 0 aromatic heterocycles. The first-order valence-electron chi connectivity index (χ1n) is 8.37. The zero-order valence-electron chi connectivity index (χ0n) is 13.9. The molecule has 2 heterocycles. The third-order valence-corrected chi connectivity index (χ3v) is 4.92. The van der Waals surface area contributed by atoms with Gasteiger partial charge in [0.15, 0.2) is 11.6 Å². The van der Waals surface area contributed by atoms with Crippen LogP contribution in [-0.2, 0) is 9.63 Å². The molecule has 5 nitrogen and oxygen atoms in total. The number of amides is 1. The fourth-order valence-corrected chi connectivity index (χ4v) is 3.45. The van der Waals surface area contributed by atoms with Crippen LogP contribution >= 0.6 is 0 Å². The van der Waals surface area contributed by atoms with Gasteiger partial charge in [0, 0.05) is 45.2 Å². The summed E-state index contributed by atoms with van der Waals surface area (Å²) in [5.74, 6) is -1.45. The van der Waals surface area contributed by atoms with Gasteiger partial charge in [0.1, 0.15) is 0 Å². The molecule has 1 aromatic rings. The van der Waals surface area contributed by atoms with Gasteiger partial charge in [-0.2, -0.15) is 5.06 Å². The quantitative estimate of drug-likeness (QED) is 0.843. The van der Waals surface area contributed by atoms with Gasteiger partial charge in [0.25, 0.3) is 0 Å². The van der Waals surface area contributed by atoms with Crippen molar-refractivity contribution in [3.63, 3.8) is 0 Å². The van der Waals surface area contributed by atoms with Crippen molar-refractivity contribution in [1.29, 1.82) is 0 Å². The number of hydrogen-bond acceptors (Lipinski definition) is 4. The second kappa shape index (κ2) is 7.44. The zero-order valence-corrected chi connectivity index (χ0v) is 13.9. The maximum absolute atomic E-state index is 13.9. The number of anilines is 1. The van der Waals surface area contributed by atoms with E-state index in [1.54, 1.807) is 18.1 Å². The van der Waals surface area contributed by atoms with E-state index in [0.717, 1.165) is 32.0 Å². The van der Waals surface area contributed by atoms with Crippen LogP contribution in [0.15, 0.2) is 18.2 Å². The van der Waals surface area contributed by atoms with Gasteiger partial charge in [0.05, 0.1) is 12.8 Å². The number of piperazine rings is 1. The number of piperidine rings is 1. The molecule has 1 aromatic carbocycles. The van der Waals surface area contributed by atoms with Crippen LogP contribution in [-0.4, -0.2) is 62.2 Å². The topological polar surface area (TPSA) is 36.0 Å². The minimum atomic E-state index is -0.837. The third-order valence-electron chi connectivity index (χ3n) is 4.92. The Labute approximate surface area is 140 Å². The van der Waals surface area contributed by atoms with Crippen LogP contribution < -0.4 is 4.90 Å². The standard InChI is InChI=1S/C17H23F2N3O2/c1-24-22-7-5-13(6-8-22)17(23)21-11-9-20(10-12-21)15-4-2-3-14(18)16(15)19/h2-4,13H,5-12H2,1H3. The van der Waals surface area contributed by atoms with E-state index in [2.05, 4.69) is 0 Å². The summed E-state index contributed by atoms with van der Waals surface area (Å²) in [7, 11) is 1.65. The van der Waals surface area contributed by atoms with Gasteiger partial charge >= 0.3 is 0 Å². The molecule has 1 amide bonds. The molecule has 3 rings (SSSR count). The van der Waals surface area contributed by atoms with Crippen LogP contribution in [0.4, 0.5) is 14.5 Å². The van der Waals surface area contributed by atoms with Crippen molar-refractivity contribution < 1.29 is 18.4 Å². The molecule has 0 radical (unpaired) electrons. The molecule has 0 bridgehead atoms. The van der Waals surface area contributed by atoms with Crippen molar-refractivity contribution in [3.05, 3.63) is 29.8 Å². The van der Waals surface area contributed by atoms with E-state index in [1.807, 2.05) is 9.96 Å².